The van der Waals surface area contributed by atoms with E-state index in [0.29, 0.717) is 28.2 Å². The molecule has 3 aromatic rings. The fraction of sp³-hybridized carbons (Fsp3) is 0.200. The molecule has 0 bridgehead atoms. The second kappa shape index (κ2) is 8.86. The van der Waals surface area contributed by atoms with Gasteiger partial charge in [0, 0.05) is 11.6 Å². The molecule has 1 amide bonds. The van der Waals surface area contributed by atoms with Crippen LogP contribution >= 0.6 is 0 Å². The largest absolute Gasteiger partial charge is 0.507 e. The molecule has 9 heteroatoms. The third-order valence-corrected chi connectivity index (χ3v) is 5.62. The highest BCUT2D eigenvalue weighted by Crippen LogP contribution is 2.42. The maximum atomic E-state index is 13.2. The van der Waals surface area contributed by atoms with Crippen molar-refractivity contribution >= 4 is 29.2 Å². The summed E-state index contributed by atoms with van der Waals surface area (Å²) in [5.74, 6) is -1.40. The van der Waals surface area contributed by atoms with E-state index in [-0.39, 0.29) is 17.2 Å². The van der Waals surface area contributed by atoms with E-state index in [2.05, 4.69) is 5.16 Å². The fourth-order valence-electron chi connectivity index (χ4n) is 3.95. The normalized spacial score (nSPS) is 17.2. The number of aromatic nitrogens is 1. The molecular formula is C25H22N2O7. The lowest BCUT2D eigenvalue weighted by molar-refractivity contribution is -0.132. The van der Waals surface area contributed by atoms with E-state index in [1.54, 1.807) is 44.2 Å². The SMILES string of the molecule is COC(=O)c1ccc(C2C(=C(O)c3ccc(OC)c(C)c3)C(=O)C(=O)N2c2cc(C)on2)cc1. The van der Waals surface area contributed by atoms with Crippen LogP contribution in [0.3, 0.4) is 0 Å². The summed E-state index contributed by atoms with van der Waals surface area (Å²) in [4.78, 5) is 39.3. The summed E-state index contributed by atoms with van der Waals surface area (Å²) in [5.41, 5.74) is 1.77. The Morgan fingerprint density at radius 2 is 1.71 bits per heavy atom. The monoisotopic (exact) mass is 462 g/mol. The van der Waals surface area contributed by atoms with Crippen LogP contribution in [-0.2, 0) is 14.3 Å². The summed E-state index contributed by atoms with van der Waals surface area (Å²) in [7, 11) is 2.81. The Balaban J connectivity index is 1.90. The number of hydrogen-bond acceptors (Lipinski definition) is 8. The summed E-state index contributed by atoms with van der Waals surface area (Å²) in [5, 5.41) is 15.1. The molecule has 1 aliphatic rings. The lowest BCUT2D eigenvalue weighted by atomic mass is 9.94. The molecular weight excluding hydrogens is 440 g/mol. The van der Waals surface area contributed by atoms with Crippen LogP contribution in [0.5, 0.6) is 5.75 Å². The standard InChI is InChI=1S/C25H22N2O7/c1-13-11-17(9-10-18(13)32-3)22(28)20-21(15-5-7-16(8-6-15)25(31)33-4)27(24(30)23(20)29)19-12-14(2)34-26-19/h5-12,21,28H,1-4H3. The number of nitrogens with zero attached hydrogens (tertiary/aromatic N) is 2. The topological polar surface area (TPSA) is 119 Å². The van der Waals surface area contributed by atoms with Crippen molar-refractivity contribution in [2.75, 3.05) is 19.1 Å². The first kappa shape index (κ1) is 22.8. The molecule has 1 atom stereocenters. The number of amides is 1. The van der Waals surface area contributed by atoms with Gasteiger partial charge in [-0.3, -0.25) is 14.5 Å². The van der Waals surface area contributed by atoms with Crippen LogP contribution in [0.2, 0.25) is 0 Å². The number of anilines is 1. The summed E-state index contributed by atoms with van der Waals surface area (Å²) >= 11 is 0. The van der Waals surface area contributed by atoms with Crippen molar-refractivity contribution in [3.63, 3.8) is 0 Å². The number of ketones is 1. The zero-order valence-corrected chi connectivity index (χ0v) is 19.0. The van der Waals surface area contributed by atoms with Gasteiger partial charge in [0.25, 0.3) is 5.78 Å². The van der Waals surface area contributed by atoms with Crippen molar-refractivity contribution < 1.29 is 33.5 Å². The number of hydrogen-bond donors (Lipinski definition) is 1. The van der Waals surface area contributed by atoms with Crippen LogP contribution in [0.1, 0.15) is 38.9 Å². The zero-order valence-electron chi connectivity index (χ0n) is 19.0. The molecule has 1 aromatic heterocycles. The number of aryl methyl sites for hydroxylation is 2. The summed E-state index contributed by atoms with van der Waals surface area (Å²) in [6.07, 6.45) is 0. The second-order valence-corrected chi connectivity index (χ2v) is 7.76. The Bertz CT molecular complexity index is 1320. The van der Waals surface area contributed by atoms with Crippen molar-refractivity contribution in [1.29, 1.82) is 0 Å². The first-order valence-electron chi connectivity index (χ1n) is 10.3. The van der Waals surface area contributed by atoms with Crippen LogP contribution in [0.4, 0.5) is 5.82 Å². The van der Waals surface area contributed by atoms with Crippen molar-refractivity contribution in [2.45, 2.75) is 19.9 Å². The summed E-state index contributed by atoms with van der Waals surface area (Å²) in [6.45, 7) is 3.46. The number of aliphatic hydroxyl groups is 1. The first-order valence-corrected chi connectivity index (χ1v) is 10.3. The van der Waals surface area contributed by atoms with Gasteiger partial charge in [-0.2, -0.15) is 0 Å². The Morgan fingerprint density at radius 1 is 1.03 bits per heavy atom. The molecule has 0 radical (unpaired) electrons. The van der Waals surface area contributed by atoms with Gasteiger partial charge in [-0.1, -0.05) is 17.3 Å². The minimum atomic E-state index is -1.00. The molecule has 0 spiro atoms. The third-order valence-electron chi connectivity index (χ3n) is 5.62. The number of Topliss-reactive ketones (excluding diaryl/α,β-unsaturated/α-hetero) is 1. The smallest absolute Gasteiger partial charge is 0.337 e. The fourth-order valence-corrected chi connectivity index (χ4v) is 3.95. The number of rotatable bonds is 5. The molecule has 0 aliphatic carbocycles. The van der Waals surface area contributed by atoms with Gasteiger partial charge < -0.3 is 19.1 Å². The highest BCUT2D eigenvalue weighted by atomic mass is 16.5. The Labute approximate surface area is 195 Å². The van der Waals surface area contributed by atoms with Crippen LogP contribution in [0, 0.1) is 13.8 Å². The number of carbonyl (C=O) groups excluding carboxylic acids is 3. The number of ether oxygens (including phenoxy) is 2. The molecule has 9 nitrogen and oxygen atoms in total. The van der Waals surface area contributed by atoms with E-state index >= 15 is 0 Å². The van der Waals surface area contributed by atoms with E-state index in [1.165, 1.54) is 37.3 Å². The van der Waals surface area contributed by atoms with E-state index < -0.39 is 23.7 Å². The number of aliphatic hydroxyl groups excluding tert-OH is 1. The van der Waals surface area contributed by atoms with Crippen LogP contribution in [0.25, 0.3) is 5.76 Å². The van der Waals surface area contributed by atoms with Gasteiger partial charge in [0.05, 0.1) is 31.4 Å². The molecule has 4 rings (SSSR count). The lowest BCUT2D eigenvalue weighted by Gasteiger charge is -2.23. The van der Waals surface area contributed by atoms with E-state index in [9.17, 15) is 19.5 Å². The maximum absolute atomic E-state index is 13.2. The van der Waals surface area contributed by atoms with E-state index in [4.69, 9.17) is 14.0 Å². The van der Waals surface area contributed by atoms with Crippen LogP contribution in [0.15, 0.2) is 58.6 Å². The van der Waals surface area contributed by atoms with Crippen LogP contribution in [-0.4, -0.2) is 42.1 Å². The number of methoxy groups -OCH3 is 2. The van der Waals surface area contributed by atoms with E-state index in [0.717, 1.165) is 5.56 Å². The minimum Gasteiger partial charge on any atom is -0.507 e. The molecule has 1 fully saturated rings. The van der Waals surface area contributed by atoms with Gasteiger partial charge in [-0.05, 0) is 55.3 Å². The molecule has 1 aliphatic heterocycles. The number of esters is 1. The van der Waals surface area contributed by atoms with Gasteiger partial charge in [0.15, 0.2) is 5.82 Å². The maximum Gasteiger partial charge on any atom is 0.337 e. The molecule has 1 N–H and O–H groups in total. The average Bonchev–Trinajstić information content (AvgIpc) is 3.38. The molecule has 2 aromatic carbocycles. The van der Waals surface area contributed by atoms with Gasteiger partial charge in [-0.25, -0.2) is 4.79 Å². The first-order chi connectivity index (χ1) is 16.3. The summed E-state index contributed by atoms with van der Waals surface area (Å²) in [6, 6.07) is 11.7. The van der Waals surface area contributed by atoms with Crippen molar-refractivity contribution in [3.8, 4) is 5.75 Å². The van der Waals surface area contributed by atoms with Gasteiger partial charge in [0.1, 0.15) is 17.3 Å². The zero-order chi connectivity index (χ0) is 24.6. The second-order valence-electron chi connectivity index (χ2n) is 7.76. The Kier molecular flexibility index (Phi) is 5.93. The Morgan fingerprint density at radius 3 is 2.26 bits per heavy atom. The molecule has 0 saturated carbocycles. The number of carbonyl (C=O) groups is 3. The van der Waals surface area contributed by atoms with E-state index in [1.807, 2.05) is 0 Å². The predicted octanol–water partition coefficient (Wildman–Crippen LogP) is 3.71. The highest BCUT2D eigenvalue weighted by Gasteiger charge is 2.48. The quantitative estimate of drug-likeness (QED) is 0.264. The molecule has 34 heavy (non-hydrogen) atoms. The molecule has 1 unspecified atom stereocenters. The van der Waals surface area contributed by atoms with Crippen molar-refractivity contribution in [3.05, 3.63) is 82.1 Å². The molecule has 174 valence electrons. The van der Waals surface area contributed by atoms with Gasteiger partial charge in [-0.15, -0.1) is 0 Å². The van der Waals surface area contributed by atoms with Gasteiger partial charge in [0.2, 0.25) is 0 Å². The van der Waals surface area contributed by atoms with Gasteiger partial charge >= 0.3 is 11.9 Å². The predicted molar refractivity (Wildman–Crippen MR) is 122 cm³/mol. The van der Waals surface area contributed by atoms with Crippen molar-refractivity contribution in [2.24, 2.45) is 0 Å². The third kappa shape index (κ3) is 3.81. The number of benzene rings is 2. The lowest BCUT2D eigenvalue weighted by Crippen LogP contribution is -2.29. The Hall–Kier alpha value is -4.40. The van der Waals surface area contributed by atoms with Crippen molar-refractivity contribution in [1.82, 2.24) is 5.16 Å². The molecule has 2 heterocycles. The average molecular weight is 462 g/mol. The summed E-state index contributed by atoms with van der Waals surface area (Å²) < 4.78 is 15.1. The minimum absolute atomic E-state index is 0.110. The van der Waals surface area contributed by atoms with Crippen LogP contribution < -0.4 is 9.64 Å². The highest BCUT2D eigenvalue weighted by molar-refractivity contribution is 6.51. The molecule has 1 saturated heterocycles.